The van der Waals surface area contributed by atoms with Gasteiger partial charge in [0.25, 0.3) is 0 Å². The molecule has 0 unspecified atom stereocenters. The zero-order valence-electron chi connectivity index (χ0n) is 11.1. The summed E-state index contributed by atoms with van der Waals surface area (Å²) in [5.41, 5.74) is 7.56. The second-order valence-electron chi connectivity index (χ2n) is 4.07. The lowest BCUT2D eigenvalue weighted by atomic mass is 10.2. The van der Waals surface area contributed by atoms with E-state index < -0.39 is 0 Å². The van der Waals surface area contributed by atoms with Crippen LogP contribution >= 0.6 is 0 Å². The number of rotatable bonds is 5. The molecule has 0 bridgehead atoms. The van der Waals surface area contributed by atoms with Gasteiger partial charge in [-0.15, -0.1) is 0 Å². The van der Waals surface area contributed by atoms with Gasteiger partial charge < -0.3 is 15.4 Å². The normalized spacial score (nSPS) is 10.2. The van der Waals surface area contributed by atoms with Gasteiger partial charge in [-0.1, -0.05) is 6.07 Å². The molecule has 0 aliphatic heterocycles. The highest BCUT2D eigenvalue weighted by Crippen LogP contribution is 2.27. The minimum atomic E-state index is 0.422. The third kappa shape index (κ3) is 3.09. The molecular weight excluding hydrogens is 242 g/mol. The van der Waals surface area contributed by atoms with Gasteiger partial charge in [-0.05, 0) is 18.6 Å². The Bertz CT molecular complexity index is 532. The molecular formula is C13H17N5O. The van der Waals surface area contributed by atoms with Crippen LogP contribution in [0.4, 0.5) is 11.5 Å². The highest BCUT2D eigenvalue weighted by atomic mass is 16.5. The summed E-state index contributed by atoms with van der Waals surface area (Å²) in [5.74, 6) is 1.08. The zero-order valence-corrected chi connectivity index (χ0v) is 11.1. The predicted octanol–water partition coefficient (Wildman–Crippen LogP) is 1.49. The fraction of sp³-hybridized carbons (Fsp3) is 0.308. The number of hydrogen-bond donors (Lipinski definition) is 1. The van der Waals surface area contributed by atoms with Crippen molar-refractivity contribution in [3.05, 3.63) is 36.4 Å². The molecule has 0 aliphatic carbocycles. The molecule has 0 spiro atoms. The molecule has 2 rings (SSSR count). The van der Waals surface area contributed by atoms with Crippen molar-refractivity contribution in [2.45, 2.75) is 13.5 Å². The van der Waals surface area contributed by atoms with Gasteiger partial charge in [0.2, 0.25) is 5.88 Å². The number of ether oxygens (including phenoxy) is 1. The Hall–Kier alpha value is -2.37. The molecule has 6 nitrogen and oxygen atoms in total. The molecule has 0 aliphatic rings. The molecule has 19 heavy (non-hydrogen) atoms. The number of nitrogens with two attached hydrogens (primary N) is 1. The van der Waals surface area contributed by atoms with Crippen LogP contribution in [0.5, 0.6) is 5.88 Å². The van der Waals surface area contributed by atoms with Gasteiger partial charge in [-0.25, -0.2) is 4.98 Å². The van der Waals surface area contributed by atoms with Gasteiger partial charge in [0.1, 0.15) is 12.0 Å². The summed E-state index contributed by atoms with van der Waals surface area (Å²) in [5, 5.41) is 0. The smallest absolute Gasteiger partial charge is 0.242 e. The van der Waals surface area contributed by atoms with Crippen LogP contribution in [0.1, 0.15) is 12.5 Å². The monoisotopic (exact) mass is 259 g/mol. The van der Waals surface area contributed by atoms with Crippen molar-refractivity contribution >= 4 is 11.5 Å². The minimum Gasteiger partial charge on any atom is -0.476 e. The lowest BCUT2D eigenvalue weighted by Crippen LogP contribution is -2.20. The Labute approximate surface area is 112 Å². The molecule has 2 aromatic heterocycles. The van der Waals surface area contributed by atoms with Crippen molar-refractivity contribution in [3.63, 3.8) is 0 Å². The van der Waals surface area contributed by atoms with E-state index >= 15 is 0 Å². The Balaban J connectivity index is 2.19. The number of hydrogen-bond acceptors (Lipinski definition) is 6. The average Bonchev–Trinajstić information content (AvgIpc) is 2.42. The van der Waals surface area contributed by atoms with Crippen molar-refractivity contribution < 1.29 is 4.74 Å². The second-order valence-corrected chi connectivity index (χ2v) is 4.07. The number of nitrogens with zero attached hydrogens (tertiary/aromatic N) is 4. The number of nitrogen functional groups attached to an aromatic ring is 1. The first-order valence-electron chi connectivity index (χ1n) is 6.05. The topological polar surface area (TPSA) is 77.2 Å². The SMILES string of the molecule is CCOc1ncnc(N(C)Cc2cccnc2)c1N. The van der Waals surface area contributed by atoms with E-state index in [9.17, 15) is 0 Å². The largest absolute Gasteiger partial charge is 0.476 e. The Morgan fingerprint density at radius 1 is 1.37 bits per heavy atom. The Kier molecular flexibility index (Phi) is 4.12. The van der Waals surface area contributed by atoms with E-state index in [1.54, 1.807) is 6.20 Å². The van der Waals surface area contributed by atoms with Crippen molar-refractivity contribution in [1.29, 1.82) is 0 Å². The van der Waals surface area contributed by atoms with Crippen LogP contribution in [0.2, 0.25) is 0 Å². The summed E-state index contributed by atoms with van der Waals surface area (Å²) in [6, 6.07) is 3.91. The van der Waals surface area contributed by atoms with Gasteiger partial charge in [0.15, 0.2) is 5.82 Å². The van der Waals surface area contributed by atoms with Crippen LogP contribution in [0.15, 0.2) is 30.9 Å². The Morgan fingerprint density at radius 2 is 2.21 bits per heavy atom. The van der Waals surface area contributed by atoms with E-state index in [0.29, 0.717) is 30.5 Å². The molecule has 100 valence electrons. The van der Waals surface area contributed by atoms with Crippen LogP contribution in [-0.4, -0.2) is 28.6 Å². The minimum absolute atomic E-state index is 0.422. The van der Waals surface area contributed by atoms with Crippen LogP contribution in [0.3, 0.4) is 0 Å². The maximum Gasteiger partial charge on any atom is 0.242 e. The molecule has 0 fully saturated rings. The fourth-order valence-corrected chi connectivity index (χ4v) is 1.77. The summed E-state index contributed by atoms with van der Waals surface area (Å²) < 4.78 is 5.36. The molecule has 2 N–H and O–H groups in total. The van der Waals surface area contributed by atoms with Crippen molar-refractivity contribution in [2.24, 2.45) is 0 Å². The molecule has 2 heterocycles. The zero-order chi connectivity index (χ0) is 13.7. The van der Waals surface area contributed by atoms with E-state index in [1.165, 1.54) is 6.33 Å². The maximum absolute atomic E-state index is 6.02. The first kappa shape index (κ1) is 13.1. The van der Waals surface area contributed by atoms with Gasteiger partial charge in [0.05, 0.1) is 6.61 Å². The first-order valence-corrected chi connectivity index (χ1v) is 6.05. The second kappa shape index (κ2) is 5.99. The summed E-state index contributed by atoms with van der Waals surface area (Å²) in [6.45, 7) is 3.08. The number of pyridine rings is 1. The van der Waals surface area contributed by atoms with Crippen molar-refractivity contribution in [2.75, 3.05) is 24.3 Å². The summed E-state index contributed by atoms with van der Waals surface area (Å²) in [4.78, 5) is 14.3. The van der Waals surface area contributed by atoms with Crippen molar-refractivity contribution in [1.82, 2.24) is 15.0 Å². The van der Waals surface area contributed by atoms with Crippen LogP contribution in [-0.2, 0) is 6.54 Å². The van der Waals surface area contributed by atoms with E-state index in [1.807, 2.05) is 37.2 Å². The van der Waals surface area contributed by atoms with E-state index in [-0.39, 0.29) is 0 Å². The molecule has 0 saturated heterocycles. The molecule has 0 aromatic carbocycles. The first-order chi connectivity index (χ1) is 9.22. The number of anilines is 2. The molecule has 6 heteroatoms. The third-order valence-electron chi connectivity index (χ3n) is 2.61. The van der Waals surface area contributed by atoms with E-state index in [4.69, 9.17) is 10.5 Å². The molecule has 0 amide bonds. The Morgan fingerprint density at radius 3 is 2.89 bits per heavy atom. The summed E-state index contributed by atoms with van der Waals surface area (Å²) >= 11 is 0. The molecule has 2 aromatic rings. The average molecular weight is 259 g/mol. The molecule has 0 saturated carbocycles. The molecule has 0 atom stereocenters. The summed E-state index contributed by atoms with van der Waals surface area (Å²) in [7, 11) is 1.92. The van der Waals surface area contributed by atoms with Crippen LogP contribution < -0.4 is 15.4 Å². The summed E-state index contributed by atoms with van der Waals surface area (Å²) in [6.07, 6.45) is 5.02. The van der Waals surface area contributed by atoms with Crippen LogP contribution in [0.25, 0.3) is 0 Å². The quantitative estimate of drug-likeness (QED) is 0.876. The van der Waals surface area contributed by atoms with Gasteiger partial charge in [0, 0.05) is 26.0 Å². The third-order valence-corrected chi connectivity index (χ3v) is 2.61. The number of aromatic nitrogens is 3. The van der Waals surface area contributed by atoms with Gasteiger partial charge in [-0.2, -0.15) is 4.98 Å². The van der Waals surface area contributed by atoms with E-state index in [2.05, 4.69) is 15.0 Å². The predicted molar refractivity (Wildman–Crippen MR) is 74.0 cm³/mol. The maximum atomic E-state index is 6.02. The highest BCUT2D eigenvalue weighted by Gasteiger charge is 2.13. The lowest BCUT2D eigenvalue weighted by molar-refractivity contribution is 0.328. The highest BCUT2D eigenvalue weighted by molar-refractivity contribution is 5.67. The van der Waals surface area contributed by atoms with Gasteiger partial charge >= 0.3 is 0 Å². The standard InChI is InChI=1S/C13H17N5O/c1-3-19-13-11(14)12(16-9-17-13)18(2)8-10-5-4-6-15-7-10/h4-7,9H,3,8,14H2,1-2H3. The lowest BCUT2D eigenvalue weighted by Gasteiger charge is -2.20. The molecule has 0 radical (unpaired) electrons. The van der Waals surface area contributed by atoms with Crippen molar-refractivity contribution in [3.8, 4) is 5.88 Å². The van der Waals surface area contributed by atoms with Gasteiger partial charge in [-0.3, -0.25) is 4.98 Å². The van der Waals surface area contributed by atoms with Crippen LogP contribution in [0, 0.1) is 0 Å². The van der Waals surface area contributed by atoms with E-state index in [0.717, 1.165) is 5.56 Å². The fourth-order valence-electron chi connectivity index (χ4n) is 1.77.